The van der Waals surface area contributed by atoms with Crippen LogP contribution in [0.15, 0.2) is 47.8 Å². The van der Waals surface area contributed by atoms with Crippen LogP contribution >= 0.6 is 11.3 Å². The number of methoxy groups -OCH3 is 2. The third-order valence-electron chi connectivity index (χ3n) is 4.99. The minimum Gasteiger partial charge on any atom is -0.493 e. The van der Waals surface area contributed by atoms with Crippen molar-refractivity contribution >= 4 is 17.2 Å². The lowest BCUT2D eigenvalue weighted by atomic mass is 10.2. The Morgan fingerprint density at radius 1 is 1.13 bits per heavy atom. The average molecular weight is 443 g/mol. The molecular formula is C23H23FN2O4S. The minimum absolute atomic E-state index is 0.105. The number of aromatic nitrogens is 1. The number of amides is 1. The van der Waals surface area contributed by atoms with E-state index in [4.69, 9.17) is 14.2 Å². The zero-order chi connectivity index (χ0) is 21.8. The predicted molar refractivity (Wildman–Crippen MR) is 115 cm³/mol. The summed E-state index contributed by atoms with van der Waals surface area (Å²) in [6, 6.07) is 11.3. The quantitative estimate of drug-likeness (QED) is 0.481. The summed E-state index contributed by atoms with van der Waals surface area (Å²) in [6.07, 6.45) is 1.95. The van der Waals surface area contributed by atoms with Gasteiger partial charge in [-0.2, -0.15) is 0 Å². The molecule has 0 aliphatic heterocycles. The van der Waals surface area contributed by atoms with Gasteiger partial charge in [0.1, 0.15) is 17.4 Å². The van der Waals surface area contributed by atoms with Crippen molar-refractivity contribution in [3.63, 3.8) is 0 Å². The van der Waals surface area contributed by atoms with E-state index in [-0.39, 0.29) is 24.4 Å². The number of benzene rings is 2. The van der Waals surface area contributed by atoms with Crippen molar-refractivity contribution in [3.05, 3.63) is 69.9 Å². The van der Waals surface area contributed by atoms with Crippen molar-refractivity contribution in [3.8, 4) is 17.2 Å². The number of halogens is 1. The topological polar surface area (TPSA) is 60.9 Å². The van der Waals surface area contributed by atoms with E-state index in [0.29, 0.717) is 29.4 Å². The SMILES string of the molecule is COc1cccc(OC)c1OCc1nc(CN(C(=O)c2ccc(F)cc2)C2CC2)cs1. The van der Waals surface area contributed by atoms with Gasteiger partial charge in [-0.3, -0.25) is 4.79 Å². The lowest BCUT2D eigenvalue weighted by molar-refractivity contribution is 0.0728. The van der Waals surface area contributed by atoms with Gasteiger partial charge in [0, 0.05) is 17.0 Å². The Morgan fingerprint density at radius 2 is 1.81 bits per heavy atom. The maximum Gasteiger partial charge on any atom is 0.254 e. The molecule has 1 aliphatic rings. The van der Waals surface area contributed by atoms with Crippen LogP contribution in [0.4, 0.5) is 4.39 Å². The van der Waals surface area contributed by atoms with E-state index in [1.165, 1.54) is 35.6 Å². The number of para-hydroxylation sites is 1. The standard InChI is InChI=1S/C23H23FN2O4S/c1-28-19-4-3-5-20(29-2)22(19)30-13-21-25-17(14-31-21)12-26(18-10-11-18)23(27)15-6-8-16(24)9-7-15/h3-9,14,18H,10-13H2,1-2H3. The highest BCUT2D eigenvalue weighted by atomic mass is 32.1. The Hall–Kier alpha value is -3.13. The van der Waals surface area contributed by atoms with Crippen molar-refractivity contribution in [2.24, 2.45) is 0 Å². The number of ether oxygens (including phenoxy) is 3. The summed E-state index contributed by atoms with van der Waals surface area (Å²) in [7, 11) is 3.15. The van der Waals surface area contributed by atoms with E-state index in [9.17, 15) is 9.18 Å². The minimum atomic E-state index is -0.356. The second-order valence-corrected chi connectivity index (χ2v) is 8.13. The van der Waals surface area contributed by atoms with E-state index in [1.807, 2.05) is 16.3 Å². The van der Waals surface area contributed by atoms with E-state index < -0.39 is 0 Å². The molecule has 8 heteroatoms. The van der Waals surface area contributed by atoms with Gasteiger partial charge < -0.3 is 19.1 Å². The third kappa shape index (κ3) is 4.96. The van der Waals surface area contributed by atoms with Crippen molar-refractivity contribution in [2.75, 3.05) is 14.2 Å². The van der Waals surface area contributed by atoms with Gasteiger partial charge in [0.25, 0.3) is 5.91 Å². The Labute approximate surface area is 184 Å². The highest BCUT2D eigenvalue weighted by Gasteiger charge is 2.33. The highest BCUT2D eigenvalue weighted by molar-refractivity contribution is 7.09. The Kier molecular flexibility index (Phi) is 6.36. The van der Waals surface area contributed by atoms with Crippen LogP contribution in [0.1, 0.15) is 33.9 Å². The van der Waals surface area contributed by atoms with Gasteiger partial charge in [0.2, 0.25) is 5.75 Å². The zero-order valence-electron chi connectivity index (χ0n) is 17.3. The van der Waals surface area contributed by atoms with Crippen LogP contribution in [0.3, 0.4) is 0 Å². The van der Waals surface area contributed by atoms with E-state index in [1.54, 1.807) is 26.4 Å². The fourth-order valence-electron chi connectivity index (χ4n) is 3.27. The first-order chi connectivity index (χ1) is 15.1. The van der Waals surface area contributed by atoms with Crippen LogP contribution in [-0.4, -0.2) is 36.1 Å². The van der Waals surface area contributed by atoms with Crippen LogP contribution in [0.25, 0.3) is 0 Å². The zero-order valence-corrected chi connectivity index (χ0v) is 18.2. The van der Waals surface area contributed by atoms with Gasteiger partial charge in [-0.15, -0.1) is 11.3 Å². The van der Waals surface area contributed by atoms with Crippen LogP contribution in [0, 0.1) is 5.82 Å². The Bertz CT molecular complexity index is 1030. The molecule has 1 fully saturated rings. The number of hydrogen-bond acceptors (Lipinski definition) is 6. The maximum atomic E-state index is 13.2. The van der Waals surface area contributed by atoms with Crippen molar-refractivity contribution in [1.29, 1.82) is 0 Å². The molecule has 4 rings (SSSR count). The predicted octanol–water partition coefficient (Wildman–Crippen LogP) is 4.68. The number of nitrogens with zero attached hydrogens (tertiary/aromatic N) is 2. The average Bonchev–Trinajstić information content (AvgIpc) is 3.54. The largest absolute Gasteiger partial charge is 0.493 e. The fourth-order valence-corrected chi connectivity index (χ4v) is 3.96. The van der Waals surface area contributed by atoms with Crippen LogP contribution in [0.2, 0.25) is 0 Å². The summed E-state index contributed by atoms with van der Waals surface area (Å²) in [5.41, 5.74) is 1.29. The molecule has 0 unspecified atom stereocenters. The molecule has 1 heterocycles. The number of carbonyl (C=O) groups is 1. The van der Waals surface area contributed by atoms with Gasteiger partial charge in [-0.25, -0.2) is 9.37 Å². The molecule has 1 amide bonds. The molecule has 2 aromatic carbocycles. The van der Waals surface area contributed by atoms with Crippen molar-refractivity contribution in [2.45, 2.75) is 32.0 Å². The molecular weight excluding hydrogens is 419 g/mol. The lowest BCUT2D eigenvalue weighted by Crippen LogP contribution is -2.32. The first kappa shape index (κ1) is 21.1. The molecule has 3 aromatic rings. The van der Waals surface area contributed by atoms with Crippen molar-refractivity contribution < 1.29 is 23.4 Å². The third-order valence-corrected chi connectivity index (χ3v) is 5.87. The van der Waals surface area contributed by atoms with E-state index in [2.05, 4.69) is 4.98 Å². The maximum absolute atomic E-state index is 13.2. The Balaban J connectivity index is 1.44. The summed E-state index contributed by atoms with van der Waals surface area (Å²) in [5.74, 6) is 1.23. The van der Waals surface area contributed by atoms with Crippen molar-refractivity contribution in [1.82, 2.24) is 9.88 Å². The molecule has 0 saturated heterocycles. The van der Waals surface area contributed by atoms with Crippen LogP contribution in [0.5, 0.6) is 17.2 Å². The van der Waals surface area contributed by atoms with Gasteiger partial charge in [-0.05, 0) is 49.2 Å². The molecule has 0 bridgehead atoms. The highest BCUT2D eigenvalue weighted by Crippen LogP contribution is 2.37. The summed E-state index contributed by atoms with van der Waals surface area (Å²) in [6.45, 7) is 0.673. The molecule has 6 nitrogen and oxygen atoms in total. The number of thiazole rings is 1. The molecule has 0 radical (unpaired) electrons. The summed E-state index contributed by atoms with van der Waals surface area (Å²) < 4.78 is 29.8. The summed E-state index contributed by atoms with van der Waals surface area (Å²) in [4.78, 5) is 19.4. The molecule has 0 atom stereocenters. The van der Waals surface area contributed by atoms with Crippen LogP contribution in [-0.2, 0) is 13.2 Å². The first-order valence-corrected chi connectivity index (χ1v) is 10.8. The summed E-state index contributed by atoms with van der Waals surface area (Å²) >= 11 is 1.47. The lowest BCUT2D eigenvalue weighted by Gasteiger charge is -2.21. The monoisotopic (exact) mass is 442 g/mol. The second-order valence-electron chi connectivity index (χ2n) is 7.18. The first-order valence-electron chi connectivity index (χ1n) is 9.92. The smallest absolute Gasteiger partial charge is 0.254 e. The number of carbonyl (C=O) groups excluding carboxylic acids is 1. The summed E-state index contributed by atoms with van der Waals surface area (Å²) in [5, 5.41) is 2.72. The van der Waals surface area contributed by atoms with Crippen LogP contribution < -0.4 is 14.2 Å². The van der Waals surface area contributed by atoms with Gasteiger partial charge in [0.15, 0.2) is 11.5 Å². The van der Waals surface area contributed by atoms with E-state index in [0.717, 1.165) is 23.5 Å². The molecule has 31 heavy (non-hydrogen) atoms. The molecule has 0 spiro atoms. The Morgan fingerprint density at radius 3 is 2.42 bits per heavy atom. The molecule has 0 N–H and O–H groups in total. The van der Waals surface area contributed by atoms with E-state index >= 15 is 0 Å². The molecule has 1 saturated carbocycles. The number of hydrogen-bond donors (Lipinski definition) is 0. The van der Waals surface area contributed by atoms with Gasteiger partial charge in [0.05, 0.1) is 26.5 Å². The van der Waals surface area contributed by atoms with Gasteiger partial charge >= 0.3 is 0 Å². The normalized spacial score (nSPS) is 13.0. The van der Waals surface area contributed by atoms with Gasteiger partial charge in [-0.1, -0.05) is 6.07 Å². The second kappa shape index (κ2) is 9.34. The number of rotatable bonds is 9. The molecule has 1 aliphatic carbocycles. The molecule has 162 valence electrons. The fraction of sp³-hybridized carbons (Fsp3) is 0.304. The molecule has 1 aromatic heterocycles.